The molecule has 0 unspecified atom stereocenters. The van der Waals surface area contributed by atoms with E-state index in [1.807, 2.05) is 13.0 Å². The molecule has 0 amide bonds. The molecule has 1 heterocycles. The molecule has 3 aromatic carbocycles. The SMILES string of the molecule is C=NC(=NCC)c1ccc2c3ccccc3n(-c3ccccc3)c2c1. The van der Waals surface area contributed by atoms with Gasteiger partial charge >= 0.3 is 0 Å². The maximum Gasteiger partial charge on any atom is 0.153 e. The Bertz CT molecular complexity index is 1090. The highest BCUT2D eigenvalue weighted by Gasteiger charge is 2.13. The largest absolute Gasteiger partial charge is 0.309 e. The highest BCUT2D eigenvalue weighted by Crippen LogP contribution is 2.32. The molecule has 122 valence electrons. The Balaban J connectivity index is 2.09. The fourth-order valence-corrected chi connectivity index (χ4v) is 3.35. The Labute approximate surface area is 147 Å². The third-order valence-electron chi connectivity index (χ3n) is 4.40. The van der Waals surface area contributed by atoms with Gasteiger partial charge in [0.25, 0.3) is 0 Å². The topological polar surface area (TPSA) is 29.6 Å². The van der Waals surface area contributed by atoms with Crippen LogP contribution in [0.25, 0.3) is 27.5 Å². The predicted molar refractivity (Wildman–Crippen MR) is 107 cm³/mol. The van der Waals surface area contributed by atoms with Crippen LogP contribution in [0.1, 0.15) is 12.5 Å². The molecule has 0 fully saturated rings. The van der Waals surface area contributed by atoms with E-state index in [4.69, 9.17) is 0 Å². The molecule has 0 N–H and O–H groups in total. The number of hydrogen-bond acceptors (Lipinski definition) is 1. The standard InChI is InChI=1S/C22H19N3/c1-3-24-22(23-2)16-13-14-19-18-11-7-8-12-20(18)25(21(19)15-16)17-9-5-4-6-10-17/h4-15H,2-3H2,1H3. The highest BCUT2D eigenvalue weighted by molar-refractivity contribution is 6.12. The Morgan fingerprint density at radius 1 is 0.880 bits per heavy atom. The minimum Gasteiger partial charge on any atom is -0.309 e. The lowest BCUT2D eigenvalue weighted by molar-refractivity contribution is 1.12. The van der Waals surface area contributed by atoms with Crippen molar-refractivity contribution in [2.75, 3.05) is 6.54 Å². The molecular weight excluding hydrogens is 306 g/mol. The van der Waals surface area contributed by atoms with Crippen LogP contribution in [0.5, 0.6) is 0 Å². The van der Waals surface area contributed by atoms with Gasteiger partial charge < -0.3 is 4.57 Å². The Morgan fingerprint density at radius 3 is 2.36 bits per heavy atom. The van der Waals surface area contributed by atoms with Crippen LogP contribution >= 0.6 is 0 Å². The zero-order valence-corrected chi connectivity index (χ0v) is 14.2. The summed E-state index contributed by atoms with van der Waals surface area (Å²) in [7, 11) is 0. The van der Waals surface area contributed by atoms with Crippen LogP contribution in [0.3, 0.4) is 0 Å². The first-order valence-corrected chi connectivity index (χ1v) is 8.43. The number of para-hydroxylation sites is 2. The van der Waals surface area contributed by atoms with Gasteiger partial charge in [0.2, 0.25) is 0 Å². The van der Waals surface area contributed by atoms with E-state index in [0.717, 1.165) is 16.8 Å². The molecule has 0 aliphatic carbocycles. The third kappa shape index (κ3) is 2.54. The van der Waals surface area contributed by atoms with Gasteiger partial charge in [-0.1, -0.05) is 48.5 Å². The number of rotatable bonds is 3. The predicted octanol–water partition coefficient (Wildman–Crippen LogP) is 5.25. The average Bonchev–Trinajstić information content (AvgIpc) is 3.00. The van der Waals surface area contributed by atoms with Gasteiger partial charge in [-0.05, 0) is 37.9 Å². The lowest BCUT2D eigenvalue weighted by atomic mass is 10.1. The summed E-state index contributed by atoms with van der Waals surface area (Å²) >= 11 is 0. The Morgan fingerprint density at radius 2 is 1.60 bits per heavy atom. The van der Waals surface area contributed by atoms with Gasteiger partial charge in [-0.25, -0.2) is 4.99 Å². The van der Waals surface area contributed by atoms with E-state index in [9.17, 15) is 0 Å². The van der Waals surface area contributed by atoms with Crippen molar-refractivity contribution >= 4 is 34.4 Å². The normalized spacial score (nSPS) is 12.0. The highest BCUT2D eigenvalue weighted by atomic mass is 15.0. The number of aromatic nitrogens is 1. The van der Waals surface area contributed by atoms with Crippen LogP contribution in [0.15, 0.2) is 82.8 Å². The summed E-state index contributed by atoms with van der Waals surface area (Å²) in [5, 5.41) is 2.47. The summed E-state index contributed by atoms with van der Waals surface area (Å²) in [5.41, 5.74) is 4.48. The van der Waals surface area contributed by atoms with Gasteiger partial charge in [0, 0.05) is 28.6 Å². The molecule has 4 aromatic rings. The maximum atomic E-state index is 4.45. The molecule has 0 saturated carbocycles. The molecular formula is C22H19N3. The van der Waals surface area contributed by atoms with Gasteiger partial charge in [-0.15, -0.1) is 0 Å². The van der Waals surface area contributed by atoms with Crippen molar-refractivity contribution in [1.82, 2.24) is 4.57 Å². The van der Waals surface area contributed by atoms with Crippen molar-refractivity contribution in [2.24, 2.45) is 9.98 Å². The van der Waals surface area contributed by atoms with Gasteiger partial charge in [0.05, 0.1) is 11.0 Å². The summed E-state index contributed by atoms with van der Waals surface area (Å²) in [6, 6.07) is 25.3. The average molecular weight is 325 g/mol. The summed E-state index contributed by atoms with van der Waals surface area (Å²) in [6.45, 7) is 6.37. The van der Waals surface area contributed by atoms with Gasteiger partial charge in [0.15, 0.2) is 5.84 Å². The van der Waals surface area contributed by atoms with Crippen molar-refractivity contribution in [3.8, 4) is 5.69 Å². The Hall–Kier alpha value is -3.20. The number of fused-ring (bicyclic) bond motifs is 3. The number of nitrogens with zero attached hydrogens (tertiary/aromatic N) is 3. The van der Waals surface area contributed by atoms with E-state index in [0.29, 0.717) is 12.4 Å². The van der Waals surface area contributed by atoms with Crippen molar-refractivity contribution in [3.63, 3.8) is 0 Å². The van der Waals surface area contributed by atoms with E-state index < -0.39 is 0 Å². The molecule has 0 bridgehead atoms. The number of aliphatic imine (C=N–C) groups is 2. The molecule has 3 heteroatoms. The summed E-state index contributed by atoms with van der Waals surface area (Å²) in [6.07, 6.45) is 0. The second-order valence-electron chi connectivity index (χ2n) is 5.88. The van der Waals surface area contributed by atoms with E-state index in [1.54, 1.807) is 0 Å². The molecule has 25 heavy (non-hydrogen) atoms. The third-order valence-corrected chi connectivity index (χ3v) is 4.40. The fourth-order valence-electron chi connectivity index (χ4n) is 3.35. The molecule has 3 nitrogen and oxygen atoms in total. The monoisotopic (exact) mass is 325 g/mol. The zero-order valence-electron chi connectivity index (χ0n) is 14.2. The molecule has 0 atom stereocenters. The molecule has 0 radical (unpaired) electrons. The lowest BCUT2D eigenvalue weighted by Gasteiger charge is -2.08. The fraction of sp³-hybridized carbons (Fsp3) is 0.0909. The quantitative estimate of drug-likeness (QED) is 0.364. The van der Waals surface area contributed by atoms with E-state index in [1.165, 1.54) is 16.3 Å². The first kappa shape index (κ1) is 15.3. The van der Waals surface area contributed by atoms with Crippen LogP contribution < -0.4 is 0 Å². The van der Waals surface area contributed by atoms with Gasteiger partial charge in [0.1, 0.15) is 0 Å². The number of hydrogen-bond donors (Lipinski definition) is 0. The van der Waals surface area contributed by atoms with E-state index in [2.05, 4.69) is 88.0 Å². The number of benzene rings is 3. The Kier molecular flexibility index (Phi) is 3.90. The van der Waals surface area contributed by atoms with E-state index >= 15 is 0 Å². The maximum absolute atomic E-state index is 4.45. The second kappa shape index (κ2) is 6.36. The first-order chi connectivity index (χ1) is 12.3. The summed E-state index contributed by atoms with van der Waals surface area (Å²) in [4.78, 5) is 8.56. The minimum absolute atomic E-state index is 0.689. The van der Waals surface area contributed by atoms with Crippen molar-refractivity contribution < 1.29 is 0 Å². The van der Waals surface area contributed by atoms with E-state index in [-0.39, 0.29) is 0 Å². The number of amidine groups is 1. The summed E-state index contributed by atoms with van der Waals surface area (Å²) < 4.78 is 2.29. The van der Waals surface area contributed by atoms with Gasteiger partial charge in [-0.3, -0.25) is 4.99 Å². The molecule has 1 aromatic heterocycles. The van der Waals surface area contributed by atoms with Crippen LogP contribution in [0.4, 0.5) is 0 Å². The minimum atomic E-state index is 0.689. The van der Waals surface area contributed by atoms with Crippen molar-refractivity contribution in [2.45, 2.75) is 6.92 Å². The first-order valence-electron chi connectivity index (χ1n) is 8.43. The molecule has 0 saturated heterocycles. The van der Waals surface area contributed by atoms with Crippen molar-refractivity contribution in [1.29, 1.82) is 0 Å². The molecule has 0 aliphatic rings. The van der Waals surface area contributed by atoms with Crippen LogP contribution in [-0.2, 0) is 0 Å². The van der Waals surface area contributed by atoms with Crippen molar-refractivity contribution in [3.05, 3.63) is 78.4 Å². The molecule has 0 spiro atoms. The van der Waals surface area contributed by atoms with Crippen LogP contribution in [-0.4, -0.2) is 23.7 Å². The molecule has 0 aliphatic heterocycles. The second-order valence-corrected chi connectivity index (χ2v) is 5.88. The zero-order chi connectivity index (χ0) is 17.2. The van der Waals surface area contributed by atoms with Crippen LogP contribution in [0, 0.1) is 0 Å². The smallest absolute Gasteiger partial charge is 0.153 e. The lowest BCUT2D eigenvalue weighted by Crippen LogP contribution is -1.99. The van der Waals surface area contributed by atoms with Crippen LogP contribution in [0.2, 0.25) is 0 Å². The van der Waals surface area contributed by atoms with Gasteiger partial charge in [-0.2, -0.15) is 0 Å². The molecule has 4 rings (SSSR count). The summed E-state index contributed by atoms with van der Waals surface area (Å²) in [5.74, 6) is 0.689.